The molecule has 0 aliphatic heterocycles. The Balaban J connectivity index is 1.59. The number of carbonyl (C=O) groups is 1. The number of esters is 1. The summed E-state index contributed by atoms with van der Waals surface area (Å²) in [4.78, 5) is 11.9. The minimum Gasteiger partial charge on any atom is -0.459 e. The largest absolute Gasteiger partial charge is 0.459 e. The van der Waals surface area contributed by atoms with Gasteiger partial charge in [0.2, 0.25) is 0 Å². The summed E-state index contributed by atoms with van der Waals surface area (Å²) in [5, 5.41) is 34.9. The highest BCUT2D eigenvalue weighted by molar-refractivity contribution is 5.66. The lowest BCUT2D eigenvalue weighted by Gasteiger charge is -2.70. The number of aliphatic hydroxyl groups is 3. The van der Waals surface area contributed by atoms with Crippen LogP contribution in [0.4, 0.5) is 0 Å². The first kappa shape index (κ1) is 27.6. The molecule has 5 heteroatoms. The van der Waals surface area contributed by atoms with Gasteiger partial charge < -0.3 is 20.1 Å². The van der Waals surface area contributed by atoms with E-state index in [0.29, 0.717) is 24.7 Å². The van der Waals surface area contributed by atoms with Gasteiger partial charge in [-0.25, -0.2) is 0 Å². The van der Waals surface area contributed by atoms with E-state index >= 15 is 0 Å². The van der Waals surface area contributed by atoms with Gasteiger partial charge in [0.15, 0.2) is 0 Å². The standard InChI is InChI=1S/C32H52O5/c1-17(2)20-14-22(35)26-29(20,6)12-13-31(8)25-19(10-11-32(26,31)9)30(7)16-23(36)27(37-18(3)33)28(4,5)24(30)15-21(25)34/h10,17,20-27,34-36H,11-16H2,1-9H3. The van der Waals surface area contributed by atoms with Crippen LogP contribution in [0.25, 0.3) is 0 Å². The molecule has 0 aromatic rings. The van der Waals surface area contributed by atoms with Crippen molar-refractivity contribution >= 4 is 5.97 Å². The Morgan fingerprint density at radius 2 is 1.59 bits per heavy atom. The van der Waals surface area contributed by atoms with E-state index in [-0.39, 0.29) is 51.5 Å². The number of allylic oxidation sites excluding steroid dienone is 1. The molecule has 12 atom stereocenters. The average Bonchev–Trinajstić information content (AvgIpc) is 3.05. The second kappa shape index (κ2) is 8.30. The smallest absolute Gasteiger partial charge is 0.303 e. The quantitative estimate of drug-likeness (QED) is 0.333. The first-order valence-corrected chi connectivity index (χ1v) is 14.9. The molecule has 0 radical (unpaired) electrons. The molecule has 0 bridgehead atoms. The van der Waals surface area contributed by atoms with Crippen LogP contribution in [0.5, 0.6) is 0 Å². The van der Waals surface area contributed by atoms with Gasteiger partial charge in [-0.05, 0) is 83.9 Å². The number of aliphatic hydroxyl groups excluding tert-OH is 3. The molecule has 0 amide bonds. The van der Waals surface area contributed by atoms with Crippen molar-refractivity contribution in [3.63, 3.8) is 0 Å². The molecule has 0 spiro atoms. The van der Waals surface area contributed by atoms with Crippen LogP contribution in [0.15, 0.2) is 11.6 Å². The predicted octanol–water partition coefficient (Wildman–Crippen LogP) is 5.51. The Labute approximate surface area is 224 Å². The topological polar surface area (TPSA) is 87.0 Å². The fraction of sp³-hybridized carbons (Fsp3) is 0.906. The van der Waals surface area contributed by atoms with Crippen LogP contribution in [0.3, 0.4) is 0 Å². The van der Waals surface area contributed by atoms with Crippen molar-refractivity contribution in [1.82, 2.24) is 0 Å². The summed E-state index contributed by atoms with van der Waals surface area (Å²) in [6.45, 7) is 19.8. The van der Waals surface area contributed by atoms with Crippen LogP contribution >= 0.6 is 0 Å². The summed E-state index contributed by atoms with van der Waals surface area (Å²) >= 11 is 0. The third kappa shape index (κ3) is 3.41. The lowest BCUT2D eigenvalue weighted by atomic mass is 9.35. The van der Waals surface area contributed by atoms with Gasteiger partial charge in [-0.1, -0.05) is 67.0 Å². The van der Waals surface area contributed by atoms with Gasteiger partial charge in [-0.3, -0.25) is 4.79 Å². The average molecular weight is 517 g/mol. The van der Waals surface area contributed by atoms with Crippen molar-refractivity contribution in [2.45, 2.75) is 125 Å². The Hall–Kier alpha value is -0.910. The molecule has 5 aliphatic rings. The fourth-order valence-corrected chi connectivity index (χ4v) is 11.8. The number of ether oxygens (including phenoxy) is 1. The monoisotopic (exact) mass is 516 g/mol. The Morgan fingerprint density at radius 1 is 0.946 bits per heavy atom. The molecule has 3 N–H and O–H groups in total. The van der Waals surface area contributed by atoms with Crippen LogP contribution in [0.2, 0.25) is 0 Å². The van der Waals surface area contributed by atoms with Crippen molar-refractivity contribution < 1.29 is 24.9 Å². The SMILES string of the molecule is CC(=O)OC1C(O)CC2(C)C3=CCC4(C)C5C(O)CC(C(C)C)C5(C)CCC4(C)C3C(O)CC2C1(C)C. The van der Waals surface area contributed by atoms with E-state index in [4.69, 9.17) is 4.74 Å². The maximum absolute atomic E-state index is 12.0. The second-order valence-corrected chi connectivity index (χ2v) is 15.7. The summed E-state index contributed by atoms with van der Waals surface area (Å²) in [6, 6.07) is 0. The lowest BCUT2D eigenvalue weighted by Crippen LogP contribution is -2.67. The van der Waals surface area contributed by atoms with E-state index in [2.05, 4.69) is 61.5 Å². The van der Waals surface area contributed by atoms with Gasteiger partial charge >= 0.3 is 5.97 Å². The number of hydrogen-bond acceptors (Lipinski definition) is 5. The molecule has 37 heavy (non-hydrogen) atoms. The molecule has 0 heterocycles. The maximum Gasteiger partial charge on any atom is 0.303 e. The van der Waals surface area contributed by atoms with E-state index in [9.17, 15) is 20.1 Å². The molecule has 4 saturated carbocycles. The van der Waals surface area contributed by atoms with Crippen LogP contribution in [0, 0.1) is 56.7 Å². The zero-order chi connectivity index (χ0) is 27.5. The van der Waals surface area contributed by atoms with Gasteiger partial charge in [-0.15, -0.1) is 0 Å². The highest BCUT2D eigenvalue weighted by Gasteiger charge is 2.72. The minimum absolute atomic E-state index is 0.00984. The highest BCUT2D eigenvalue weighted by Crippen LogP contribution is 2.76. The summed E-state index contributed by atoms with van der Waals surface area (Å²) in [7, 11) is 0. The highest BCUT2D eigenvalue weighted by atomic mass is 16.6. The first-order valence-electron chi connectivity index (χ1n) is 14.9. The Kier molecular flexibility index (Phi) is 6.20. The lowest BCUT2D eigenvalue weighted by molar-refractivity contribution is -0.222. The molecule has 5 rings (SSSR count). The number of hydrogen-bond donors (Lipinski definition) is 3. The van der Waals surface area contributed by atoms with Gasteiger partial charge in [0.25, 0.3) is 0 Å². The number of fused-ring (bicyclic) bond motifs is 7. The molecular formula is C32H52O5. The molecule has 5 nitrogen and oxygen atoms in total. The third-order valence-electron chi connectivity index (χ3n) is 13.4. The van der Waals surface area contributed by atoms with Crippen LogP contribution < -0.4 is 0 Å². The van der Waals surface area contributed by atoms with Gasteiger partial charge in [-0.2, -0.15) is 0 Å². The zero-order valence-corrected chi connectivity index (χ0v) is 24.7. The Morgan fingerprint density at radius 3 is 2.19 bits per heavy atom. The van der Waals surface area contributed by atoms with Crippen molar-refractivity contribution in [3.8, 4) is 0 Å². The molecule has 0 saturated heterocycles. The van der Waals surface area contributed by atoms with Crippen molar-refractivity contribution in [1.29, 1.82) is 0 Å². The molecule has 12 unspecified atom stereocenters. The van der Waals surface area contributed by atoms with Crippen molar-refractivity contribution in [2.75, 3.05) is 0 Å². The van der Waals surface area contributed by atoms with E-state index in [1.54, 1.807) is 0 Å². The van der Waals surface area contributed by atoms with Crippen molar-refractivity contribution in [2.24, 2.45) is 56.7 Å². The normalized spacial score (nSPS) is 54.5. The minimum atomic E-state index is -0.740. The molecular weight excluding hydrogens is 464 g/mol. The maximum atomic E-state index is 12.0. The van der Waals surface area contributed by atoms with Crippen molar-refractivity contribution in [3.05, 3.63) is 11.6 Å². The number of carbonyl (C=O) groups excluding carboxylic acids is 1. The first-order chi connectivity index (χ1) is 16.9. The van der Waals surface area contributed by atoms with Gasteiger partial charge in [0.05, 0.1) is 18.3 Å². The van der Waals surface area contributed by atoms with Crippen LogP contribution in [-0.2, 0) is 9.53 Å². The molecule has 0 aromatic carbocycles. The molecule has 5 aliphatic carbocycles. The third-order valence-corrected chi connectivity index (χ3v) is 13.4. The predicted molar refractivity (Wildman–Crippen MR) is 144 cm³/mol. The van der Waals surface area contributed by atoms with Gasteiger partial charge in [0.1, 0.15) is 6.10 Å². The molecule has 0 aromatic heterocycles. The van der Waals surface area contributed by atoms with Crippen LogP contribution in [0.1, 0.15) is 101 Å². The van der Waals surface area contributed by atoms with Gasteiger partial charge in [0, 0.05) is 18.3 Å². The summed E-state index contributed by atoms with van der Waals surface area (Å²) in [5.74, 6) is 1.01. The molecule has 210 valence electrons. The van der Waals surface area contributed by atoms with E-state index < -0.39 is 23.7 Å². The summed E-state index contributed by atoms with van der Waals surface area (Å²) in [6.07, 6.45) is 5.40. The fourth-order valence-electron chi connectivity index (χ4n) is 11.8. The second-order valence-electron chi connectivity index (χ2n) is 15.7. The molecule has 4 fully saturated rings. The Bertz CT molecular complexity index is 986. The zero-order valence-electron chi connectivity index (χ0n) is 24.7. The number of rotatable bonds is 2. The summed E-state index contributed by atoms with van der Waals surface area (Å²) < 4.78 is 5.69. The van der Waals surface area contributed by atoms with Crippen LogP contribution in [-0.4, -0.2) is 45.7 Å². The van der Waals surface area contributed by atoms with E-state index in [0.717, 1.165) is 25.7 Å². The van der Waals surface area contributed by atoms with E-state index in [1.807, 2.05) is 0 Å². The van der Waals surface area contributed by atoms with E-state index in [1.165, 1.54) is 12.5 Å². The summed E-state index contributed by atoms with van der Waals surface area (Å²) in [5.41, 5.74) is 0.432.